The molecule has 0 aliphatic heterocycles. The summed E-state index contributed by atoms with van der Waals surface area (Å²) in [5.41, 5.74) is 0.458. The van der Waals surface area contributed by atoms with Gasteiger partial charge >= 0.3 is 12.1 Å². The van der Waals surface area contributed by atoms with Crippen molar-refractivity contribution in [1.82, 2.24) is 9.78 Å². The third-order valence-electron chi connectivity index (χ3n) is 4.29. The van der Waals surface area contributed by atoms with E-state index in [1.807, 2.05) is 6.92 Å². The molecule has 0 fully saturated rings. The largest absolute Gasteiger partial charge is 0.478 e. The van der Waals surface area contributed by atoms with Crippen molar-refractivity contribution in [3.05, 3.63) is 58.3 Å². The van der Waals surface area contributed by atoms with Crippen molar-refractivity contribution >= 4 is 46.2 Å². The summed E-state index contributed by atoms with van der Waals surface area (Å²) in [4.78, 5) is 10.2. The minimum absolute atomic E-state index is 0.127. The highest BCUT2D eigenvalue weighted by atomic mass is 35.5. The minimum Gasteiger partial charge on any atom is -0.478 e. The molecule has 1 heterocycles. The molecule has 0 saturated heterocycles. The lowest BCUT2D eigenvalue weighted by Gasteiger charge is -2.23. The zero-order valence-electron chi connectivity index (χ0n) is 14.6. The quantitative estimate of drug-likeness (QED) is 0.506. The molecule has 0 bridgehead atoms. The number of allylic oxidation sites excluding steroid dienone is 4. The molecule has 2 aromatic rings. The molecule has 4 nitrogen and oxygen atoms in total. The smallest absolute Gasteiger partial charge is 0.416 e. The van der Waals surface area contributed by atoms with Crippen LogP contribution in [0.4, 0.5) is 13.2 Å². The van der Waals surface area contributed by atoms with E-state index >= 15 is 0 Å². The number of nitrogens with zero attached hydrogens (tertiary/aromatic N) is 2. The fourth-order valence-corrected chi connectivity index (χ4v) is 3.58. The Morgan fingerprint density at radius 2 is 2.14 bits per heavy atom. The van der Waals surface area contributed by atoms with Gasteiger partial charge in [0.1, 0.15) is 0 Å². The molecule has 0 radical (unpaired) electrons. The van der Waals surface area contributed by atoms with E-state index in [-0.39, 0.29) is 17.6 Å². The van der Waals surface area contributed by atoms with Gasteiger partial charge in [-0.25, -0.2) is 4.79 Å². The molecule has 1 atom stereocenters. The molecule has 0 amide bonds. The molecule has 3 rings (SSSR count). The lowest BCUT2D eigenvalue weighted by atomic mass is 9.97. The third kappa shape index (κ3) is 4.42. The predicted octanol–water partition coefficient (Wildman–Crippen LogP) is 5.60. The SMILES string of the molecule is CC1(Cl)C=CC(Cn2nc(/C=C/C(=O)O)c3cc(C(F)(F)F)ccc32)=C(Cl)C1. The number of rotatable bonds is 4. The second kappa shape index (κ2) is 7.29. The number of alkyl halides is 4. The van der Waals surface area contributed by atoms with Gasteiger partial charge in [-0.2, -0.15) is 18.3 Å². The molecule has 1 unspecified atom stereocenters. The zero-order valence-corrected chi connectivity index (χ0v) is 16.1. The maximum Gasteiger partial charge on any atom is 0.416 e. The first-order valence-corrected chi connectivity index (χ1v) is 8.96. The summed E-state index contributed by atoms with van der Waals surface area (Å²) in [5, 5.41) is 13.9. The van der Waals surface area contributed by atoms with Gasteiger partial charge in [0.25, 0.3) is 0 Å². The number of aromatic nitrogens is 2. The minimum atomic E-state index is -4.52. The van der Waals surface area contributed by atoms with Crippen LogP contribution in [0, 0.1) is 0 Å². The number of aliphatic carboxylic acids is 1. The molecular weight excluding hydrogens is 416 g/mol. The van der Waals surface area contributed by atoms with Crippen LogP contribution in [-0.2, 0) is 17.5 Å². The second-order valence-electron chi connectivity index (χ2n) is 6.66. The normalized spacial score (nSPS) is 20.5. The van der Waals surface area contributed by atoms with Gasteiger partial charge in [-0.1, -0.05) is 23.8 Å². The van der Waals surface area contributed by atoms with Gasteiger partial charge in [0, 0.05) is 22.9 Å². The van der Waals surface area contributed by atoms with Crippen LogP contribution in [0.25, 0.3) is 17.0 Å². The Bertz CT molecular complexity index is 1030. The Balaban J connectivity index is 2.08. The number of fused-ring (bicyclic) bond motifs is 1. The van der Waals surface area contributed by atoms with Gasteiger partial charge in [0.05, 0.1) is 28.2 Å². The molecule has 1 aromatic carbocycles. The van der Waals surface area contributed by atoms with Crippen molar-refractivity contribution in [3.63, 3.8) is 0 Å². The van der Waals surface area contributed by atoms with Crippen molar-refractivity contribution in [1.29, 1.82) is 0 Å². The van der Waals surface area contributed by atoms with Crippen LogP contribution in [0.2, 0.25) is 0 Å². The molecule has 0 saturated carbocycles. The molecule has 1 aliphatic carbocycles. The highest BCUT2D eigenvalue weighted by molar-refractivity contribution is 6.32. The molecule has 1 N–H and O–H groups in total. The Hall–Kier alpha value is -2.25. The molecule has 9 heteroatoms. The van der Waals surface area contributed by atoms with E-state index in [0.717, 1.165) is 23.8 Å². The standard InChI is InChI=1S/C19H15Cl2F3N2O2/c1-18(21)7-6-11(14(20)9-18)10-26-16-4-2-12(19(22,23)24)8-13(16)15(25-26)3-5-17(27)28/h2-8H,9-10H2,1H3,(H,27,28)/b5-3+. The van der Waals surface area contributed by atoms with Crippen LogP contribution in [0.1, 0.15) is 24.6 Å². The Kier molecular flexibility index (Phi) is 5.34. The van der Waals surface area contributed by atoms with Gasteiger partial charge in [-0.15, -0.1) is 11.6 Å². The van der Waals surface area contributed by atoms with E-state index in [2.05, 4.69) is 5.10 Å². The number of hydrogen-bond acceptors (Lipinski definition) is 2. The summed E-state index contributed by atoms with van der Waals surface area (Å²) >= 11 is 12.6. The van der Waals surface area contributed by atoms with E-state index in [1.54, 1.807) is 12.2 Å². The lowest BCUT2D eigenvalue weighted by molar-refractivity contribution is -0.137. The molecule has 148 valence electrons. The van der Waals surface area contributed by atoms with Crippen LogP contribution in [0.15, 0.2) is 47.0 Å². The van der Waals surface area contributed by atoms with Crippen LogP contribution in [0.5, 0.6) is 0 Å². The summed E-state index contributed by atoms with van der Waals surface area (Å²) in [6, 6.07) is 3.24. The monoisotopic (exact) mass is 430 g/mol. The van der Waals surface area contributed by atoms with E-state index in [9.17, 15) is 18.0 Å². The number of carboxylic acids is 1. The fraction of sp³-hybridized carbons (Fsp3) is 0.263. The predicted molar refractivity (Wildman–Crippen MR) is 102 cm³/mol. The van der Waals surface area contributed by atoms with E-state index < -0.39 is 22.6 Å². The van der Waals surface area contributed by atoms with E-state index in [4.69, 9.17) is 28.3 Å². The molecule has 28 heavy (non-hydrogen) atoms. The van der Waals surface area contributed by atoms with Gasteiger partial charge in [0.15, 0.2) is 0 Å². The summed E-state index contributed by atoms with van der Waals surface area (Å²) in [6.07, 6.45) is 1.47. The highest BCUT2D eigenvalue weighted by Gasteiger charge is 2.31. The molecule has 1 aliphatic rings. The first kappa shape index (κ1) is 20.5. The van der Waals surface area contributed by atoms with Gasteiger partial charge in [-0.3, -0.25) is 4.68 Å². The fourth-order valence-electron chi connectivity index (χ4n) is 2.91. The van der Waals surface area contributed by atoms with Crippen LogP contribution in [-0.4, -0.2) is 25.7 Å². The third-order valence-corrected chi connectivity index (χ3v) is 4.93. The lowest BCUT2D eigenvalue weighted by Crippen LogP contribution is -2.17. The summed E-state index contributed by atoms with van der Waals surface area (Å²) in [7, 11) is 0. The summed E-state index contributed by atoms with van der Waals surface area (Å²) in [6.45, 7) is 2.03. The van der Waals surface area contributed by atoms with E-state index in [0.29, 0.717) is 17.0 Å². The molecule has 1 aromatic heterocycles. The second-order valence-corrected chi connectivity index (χ2v) is 7.98. The van der Waals surface area contributed by atoms with Crippen molar-refractivity contribution in [2.24, 2.45) is 0 Å². The Morgan fingerprint density at radius 1 is 1.43 bits per heavy atom. The number of carbonyl (C=O) groups is 1. The topological polar surface area (TPSA) is 55.1 Å². The Morgan fingerprint density at radius 3 is 2.75 bits per heavy atom. The highest BCUT2D eigenvalue weighted by Crippen LogP contribution is 2.36. The number of carboxylic acid groups (broad SMARTS) is 1. The Labute approximate surface area is 168 Å². The average molecular weight is 431 g/mol. The maximum absolute atomic E-state index is 13.1. The van der Waals surface area contributed by atoms with E-state index in [1.165, 1.54) is 16.8 Å². The van der Waals surface area contributed by atoms with Crippen LogP contribution >= 0.6 is 23.2 Å². The van der Waals surface area contributed by atoms with Gasteiger partial charge < -0.3 is 5.11 Å². The van der Waals surface area contributed by atoms with Crippen LogP contribution < -0.4 is 0 Å². The van der Waals surface area contributed by atoms with Crippen molar-refractivity contribution in [2.75, 3.05) is 0 Å². The number of halogens is 5. The van der Waals surface area contributed by atoms with Gasteiger partial charge in [0.2, 0.25) is 0 Å². The van der Waals surface area contributed by atoms with Crippen molar-refractivity contribution in [3.8, 4) is 0 Å². The first-order valence-electron chi connectivity index (χ1n) is 8.21. The number of benzene rings is 1. The zero-order chi connectivity index (χ0) is 20.7. The van der Waals surface area contributed by atoms with Crippen molar-refractivity contribution < 1.29 is 23.1 Å². The summed E-state index contributed by atoms with van der Waals surface area (Å²) < 4.78 is 40.7. The maximum atomic E-state index is 13.1. The van der Waals surface area contributed by atoms with Crippen LogP contribution in [0.3, 0.4) is 0 Å². The number of hydrogen-bond donors (Lipinski definition) is 1. The first-order chi connectivity index (χ1) is 13.0. The molecule has 0 spiro atoms. The van der Waals surface area contributed by atoms with Gasteiger partial charge in [-0.05, 0) is 36.8 Å². The summed E-state index contributed by atoms with van der Waals surface area (Å²) in [5.74, 6) is -1.22. The average Bonchev–Trinajstić information content (AvgIpc) is 2.91. The van der Waals surface area contributed by atoms with Crippen molar-refractivity contribution in [2.45, 2.75) is 30.9 Å². The molecular formula is C19H15Cl2F3N2O2.